The van der Waals surface area contributed by atoms with Crippen molar-refractivity contribution in [1.82, 2.24) is 4.98 Å². The van der Waals surface area contributed by atoms with Crippen LogP contribution in [0.25, 0.3) is 17.0 Å². The van der Waals surface area contributed by atoms with Gasteiger partial charge in [0, 0.05) is 23.2 Å². The van der Waals surface area contributed by atoms with E-state index in [2.05, 4.69) is 78.9 Å². The van der Waals surface area contributed by atoms with Crippen LogP contribution in [0.4, 0.5) is 0 Å². The van der Waals surface area contributed by atoms with Crippen LogP contribution < -0.4 is 4.98 Å². The molecule has 1 aromatic heterocycles. The van der Waals surface area contributed by atoms with Crippen molar-refractivity contribution in [2.75, 3.05) is 7.05 Å². The van der Waals surface area contributed by atoms with Crippen molar-refractivity contribution in [1.29, 1.82) is 0 Å². The van der Waals surface area contributed by atoms with Gasteiger partial charge in [0.1, 0.15) is 0 Å². The van der Waals surface area contributed by atoms with E-state index in [1.807, 2.05) is 13.2 Å². The first kappa shape index (κ1) is 33.9. The number of hydrogen-bond acceptors (Lipinski definition) is 3. The molecular weight excluding hydrogens is 590 g/mol. The molecule has 2 atom stereocenters. The Morgan fingerprint density at radius 3 is 1.70 bits per heavy atom. The molecule has 5 nitrogen and oxygen atoms in total. The smallest absolute Gasteiger partial charge is 0.693 e. The standard InChI is InChI=1S/C38H49N5.Cu/c1-10-22-24(12-3)33-19-35-26(14-5)28(16-7)37(42-35)30(21-39-9)38-29(17-8)27(15-6)36(43-38)20-34-25(13-4)23(11-2)32(41-34)18-31(22)40-33;/h18-21,26,28H,10-17H2,1-9H3;/q-2;+2/b30-21+,31-18?,34-20?,35-19?;. The monoisotopic (exact) mass is 638 g/mol. The zero-order valence-corrected chi connectivity index (χ0v) is 29.1. The van der Waals surface area contributed by atoms with E-state index in [0.717, 1.165) is 103 Å². The van der Waals surface area contributed by atoms with Crippen molar-refractivity contribution >= 4 is 28.8 Å². The van der Waals surface area contributed by atoms with Crippen molar-refractivity contribution in [3.8, 4) is 0 Å². The summed E-state index contributed by atoms with van der Waals surface area (Å²) in [5.74, 6) is 0.650. The summed E-state index contributed by atoms with van der Waals surface area (Å²) in [5, 5.41) is 4.57. The van der Waals surface area contributed by atoms with E-state index in [-0.39, 0.29) is 17.1 Å². The number of allylic oxidation sites excluding steroid dienone is 8. The van der Waals surface area contributed by atoms with E-state index in [9.17, 15) is 0 Å². The first-order chi connectivity index (χ1) is 20.9. The summed E-state index contributed by atoms with van der Waals surface area (Å²) in [6, 6.07) is 0. The van der Waals surface area contributed by atoms with Gasteiger partial charge in [0.15, 0.2) is 0 Å². The maximum atomic E-state index is 5.45. The first-order valence-electron chi connectivity index (χ1n) is 16.8. The van der Waals surface area contributed by atoms with Crippen LogP contribution in [0.2, 0.25) is 0 Å². The Labute approximate surface area is 276 Å². The fourth-order valence-electron chi connectivity index (χ4n) is 7.72. The van der Waals surface area contributed by atoms with E-state index in [1.54, 1.807) is 0 Å². The molecule has 0 saturated heterocycles. The second-order valence-corrected chi connectivity index (χ2v) is 11.8. The summed E-state index contributed by atoms with van der Waals surface area (Å²) >= 11 is 0. The summed E-state index contributed by atoms with van der Waals surface area (Å²) in [4.78, 5) is 21.5. The Hall–Kier alpha value is -2.95. The SMILES string of the molecule is CCC1=C(CC)C2=NC1=Cc1[n-]c(c(CC)c1CC)/C(=C/[N-]C)C1=NC(=CC3=NC(=C2)C(CC)=C3CC)C(CC)C1CC.[Cu+2]. The molecule has 5 heterocycles. The van der Waals surface area contributed by atoms with Gasteiger partial charge in [0.25, 0.3) is 0 Å². The van der Waals surface area contributed by atoms with Gasteiger partial charge in [-0.05, 0) is 91.4 Å². The molecule has 44 heavy (non-hydrogen) atoms. The minimum Gasteiger partial charge on any atom is -0.693 e. The van der Waals surface area contributed by atoms with E-state index in [4.69, 9.17) is 20.0 Å². The van der Waals surface area contributed by atoms with Gasteiger partial charge in [-0.2, -0.15) is 6.20 Å². The Kier molecular flexibility index (Phi) is 11.1. The number of aromatic nitrogens is 1. The van der Waals surface area contributed by atoms with Crippen LogP contribution in [-0.2, 0) is 29.9 Å². The number of hydrogen-bond donors (Lipinski definition) is 0. The third kappa shape index (κ3) is 5.65. The fraction of sp³-hybridized carbons (Fsp3) is 0.500. The molecule has 4 aliphatic heterocycles. The van der Waals surface area contributed by atoms with Crippen molar-refractivity contribution in [2.45, 2.75) is 107 Å². The minimum absolute atomic E-state index is 0. The largest absolute Gasteiger partial charge is 2.00 e. The van der Waals surface area contributed by atoms with Gasteiger partial charge < -0.3 is 10.3 Å². The van der Waals surface area contributed by atoms with Gasteiger partial charge >= 0.3 is 17.1 Å². The van der Waals surface area contributed by atoms with Gasteiger partial charge in [-0.3, -0.25) is 4.99 Å². The zero-order valence-electron chi connectivity index (χ0n) is 28.2. The van der Waals surface area contributed by atoms with Crippen LogP contribution in [0.3, 0.4) is 0 Å². The molecule has 0 N–H and O–H groups in total. The fourth-order valence-corrected chi connectivity index (χ4v) is 7.72. The van der Waals surface area contributed by atoms with Crippen LogP contribution in [-0.4, -0.2) is 24.2 Å². The van der Waals surface area contributed by atoms with Crippen LogP contribution >= 0.6 is 0 Å². The first-order valence-corrected chi connectivity index (χ1v) is 16.8. The second kappa shape index (κ2) is 14.4. The van der Waals surface area contributed by atoms with Gasteiger partial charge in [-0.25, -0.2) is 9.98 Å². The Bertz CT molecular complexity index is 1580. The number of aliphatic imine (C=N–C) groups is 3. The molecule has 0 spiro atoms. The van der Waals surface area contributed by atoms with Crippen molar-refractivity contribution < 1.29 is 17.1 Å². The normalized spacial score (nSPS) is 22.1. The van der Waals surface area contributed by atoms with Crippen LogP contribution in [0, 0.1) is 11.8 Å². The van der Waals surface area contributed by atoms with Crippen LogP contribution in [0.5, 0.6) is 0 Å². The summed E-state index contributed by atoms with van der Waals surface area (Å²) in [5.41, 5.74) is 17.6. The van der Waals surface area contributed by atoms with E-state index >= 15 is 0 Å². The molecule has 2 unspecified atom stereocenters. The average molecular weight is 639 g/mol. The van der Waals surface area contributed by atoms with Gasteiger partial charge in [-0.15, -0.1) is 18.4 Å². The molecule has 237 valence electrons. The summed E-state index contributed by atoms with van der Waals surface area (Å²) in [6.45, 7) is 18.1. The molecule has 6 heteroatoms. The van der Waals surface area contributed by atoms with E-state index in [1.165, 1.54) is 33.4 Å². The Balaban J connectivity index is 0.00000442. The maximum Gasteiger partial charge on any atom is 2.00 e. The molecule has 0 aliphatic carbocycles. The molecule has 0 aromatic carbocycles. The Morgan fingerprint density at radius 2 is 1.20 bits per heavy atom. The third-order valence-corrected chi connectivity index (χ3v) is 9.73. The van der Waals surface area contributed by atoms with E-state index in [0.29, 0.717) is 11.8 Å². The molecule has 0 fully saturated rings. The van der Waals surface area contributed by atoms with Gasteiger partial charge in [0.2, 0.25) is 0 Å². The summed E-state index contributed by atoms with van der Waals surface area (Å²) < 4.78 is 0. The second-order valence-electron chi connectivity index (χ2n) is 11.8. The average Bonchev–Trinajstić information content (AvgIpc) is 3.74. The van der Waals surface area contributed by atoms with Crippen LogP contribution in [0.1, 0.15) is 116 Å². The number of rotatable bonds is 9. The van der Waals surface area contributed by atoms with Crippen molar-refractivity contribution in [2.24, 2.45) is 26.8 Å². The molecule has 8 bridgehead atoms. The Morgan fingerprint density at radius 1 is 0.659 bits per heavy atom. The predicted octanol–water partition coefficient (Wildman–Crippen LogP) is 9.88. The van der Waals surface area contributed by atoms with Gasteiger partial charge in [-0.1, -0.05) is 72.6 Å². The third-order valence-electron chi connectivity index (χ3n) is 9.73. The molecule has 0 amide bonds. The quantitative estimate of drug-likeness (QED) is 0.248. The molecule has 1 aromatic rings. The topological polar surface area (TPSA) is 65.3 Å². The summed E-state index contributed by atoms with van der Waals surface area (Å²) in [7, 11) is 1.86. The molecular formula is C38H49CuN5. The van der Waals surface area contributed by atoms with Crippen LogP contribution in [0.15, 0.2) is 72.7 Å². The van der Waals surface area contributed by atoms with Crippen molar-refractivity contribution in [3.63, 3.8) is 0 Å². The summed E-state index contributed by atoms with van der Waals surface area (Å²) in [6.07, 6.45) is 16.5. The number of fused-ring (bicyclic) bond motifs is 5. The number of nitrogens with zero attached hydrogens (tertiary/aromatic N) is 5. The van der Waals surface area contributed by atoms with Crippen molar-refractivity contribution in [3.05, 3.63) is 85.6 Å². The molecule has 5 rings (SSSR count). The zero-order chi connectivity index (χ0) is 30.8. The van der Waals surface area contributed by atoms with Gasteiger partial charge in [0.05, 0.1) is 22.8 Å². The predicted molar refractivity (Wildman–Crippen MR) is 185 cm³/mol. The van der Waals surface area contributed by atoms with E-state index < -0.39 is 0 Å². The minimum atomic E-state index is 0. The maximum absolute atomic E-state index is 5.45. The molecule has 0 saturated carbocycles. The molecule has 1 radical (unpaired) electrons. The molecule has 4 aliphatic rings.